The summed E-state index contributed by atoms with van der Waals surface area (Å²) in [7, 11) is 5.83. The van der Waals surface area contributed by atoms with E-state index in [9.17, 15) is 5.11 Å². The number of aliphatic hydroxyl groups is 1. The third-order valence-corrected chi connectivity index (χ3v) is 4.10. The average molecular weight is 308 g/mol. The SMILES string of the molecule is CCc1nn(C)c(CC(O)c2cccc(N(C)C)c2)c1Cl. The summed E-state index contributed by atoms with van der Waals surface area (Å²) < 4.78 is 1.76. The van der Waals surface area contributed by atoms with Gasteiger partial charge in [0.15, 0.2) is 0 Å². The van der Waals surface area contributed by atoms with Gasteiger partial charge in [-0.15, -0.1) is 0 Å². The molecule has 1 unspecified atom stereocenters. The van der Waals surface area contributed by atoms with Crippen molar-refractivity contribution in [1.29, 1.82) is 0 Å². The van der Waals surface area contributed by atoms with Crippen molar-refractivity contribution in [3.05, 3.63) is 46.2 Å². The Morgan fingerprint density at radius 3 is 2.67 bits per heavy atom. The second-order valence-corrected chi connectivity index (χ2v) is 5.77. The minimum atomic E-state index is -0.595. The zero-order valence-electron chi connectivity index (χ0n) is 13.0. The van der Waals surface area contributed by atoms with Gasteiger partial charge < -0.3 is 10.0 Å². The highest BCUT2D eigenvalue weighted by Gasteiger charge is 2.18. The van der Waals surface area contributed by atoms with Crippen molar-refractivity contribution >= 4 is 17.3 Å². The van der Waals surface area contributed by atoms with Crippen LogP contribution in [0.2, 0.25) is 5.02 Å². The molecule has 0 bridgehead atoms. The monoisotopic (exact) mass is 307 g/mol. The third-order valence-electron chi connectivity index (χ3n) is 3.66. The fraction of sp³-hybridized carbons (Fsp3) is 0.438. The Hall–Kier alpha value is -1.52. The van der Waals surface area contributed by atoms with Gasteiger partial charge in [-0.1, -0.05) is 30.7 Å². The zero-order chi connectivity index (χ0) is 15.6. The number of aryl methyl sites for hydroxylation is 2. The molecule has 2 rings (SSSR count). The summed E-state index contributed by atoms with van der Waals surface area (Å²) in [5.41, 5.74) is 3.70. The standard InChI is InChI=1S/C16H22ClN3O/c1-5-13-16(17)14(20(4)18-13)10-15(21)11-7-6-8-12(9-11)19(2)3/h6-9,15,21H,5,10H2,1-4H3. The molecular weight excluding hydrogens is 286 g/mol. The maximum atomic E-state index is 10.5. The molecule has 1 aromatic carbocycles. The molecular formula is C16H22ClN3O. The number of hydrogen-bond donors (Lipinski definition) is 1. The topological polar surface area (TPSA) is 41.3 Å². The van der Waals surface area contributed by atoms with Crippen LogP contribution in [0.4, 0.5) is 5.69 Å². The molecule has 114 valence electrons. The maximum Gasteiger partial charge on any atom is 0.0850 e. The van der Waals surface area contributed by atoms with Gasteiger partial charge in [0.25, 0.3) is 0 Å². The molecule has 0 spiro atoms. The largest absolute Gasteiger partial charge is 0.388 e. The van der Waals surface area contributed by atoms with Crippen LogP contribution in [0.25, 0.3) is 0 Å². The minimum Gasteiger partial charge on any atom is -0.388 e. The van der Waals surface area contributed by atoms with Gasteiger partial charge in [0.1, 0.15) is 0 Å². The average Bonchev–Trinajstić information content (AvgIpc) is 2.74. The Bertz CT molecular complexity index is 622. The minimum absolute atomic E-state index is 0.458. The second-order valence-electron chi connectivity index (χ2n) is 5.39. The number of anilines is 1. The number of nitrogens with zero attached hydrogens (tertiary/aromatic N) is 3. The van der Waals surface area contributed by atoms with Gasteiger partial charge in [-0.2, -0.15) is 5.10 Å². The number of benzene rings is 1. The normalized spacial score (nSPS) is 12.5. The van der Waals surface area contributed by atoms with E-state index in [1.165, 1.54) is 0 Å². The van der Waals surface area contributed by atoms with Gasteiger partial charge in [0, 0.05) is 33.3 Å². The van der Waals surface area contributed by atoms with Crippen LogP contribution in [0.1, 0.15) is 30.0 Å². The van der Waals surface area contributed by atoms with E-state index in [0.717, 1.165) is 29.1 Å². The third kappa shape index (κ3) is 3.39. The molecule has 0 saturated carbocycles. The van der Waals surface area contributed by atoms with Crippen molar-refractivity contribution in [3.8, 4) is 0 Å². The smallest absolute Gasteiger partial charge is 0.0850 e. The molecule has 1 N–H and O–H groups in total. The highest BCUT2D eigenvalue weighted by atomic mass is 35.5. The van der Waals surface area contributed by atoms with Gasteiger partial charge >= 0.3 is 0 Å². The molecule has 0 saturated heterocycles. The summed E-state index contributed by atoms with van der Waals surface area (Å²) in [5, 5.41) is 15.5. The van der Waals surface area contributed by atoms with E-state index >= 15 is 0 Å². The van der Waals surface area contributed by atoms with Crippen molar-refractivity contribution < 1.29 is 5.11 Å². The van der Waals surface area contributed by atoms with Gasteiger partial charge in [-0.05, 0) is 24.1 Å². The van der Waals surface area contributed by atoms with E-state index in [4.69, 9.17) is 11.6 Å². The van der Waals surface area contributed by atoms with Gasteiger partial charge in [-0.25, -0.2) is 0 Å². The van der Waals surface area contributed by atoms with E-state index in [2.05, 4.69) is 5.10 Å². The van der Waals surface area contributed by atoms with Crippen LogP contribution in [0.3, 0.4) is 0 Å². The van der Waals surface area contributed by atoms with E-state index in [-0.39, 0.29) is 0 Å². The van der Waals surface area contributed by atoms with Crippen LogP contribution in [0.5, 0.6) is 0 Å². The van der Waals surface area contributed by atoms with Crippen molar-refractivity contribution in [2.75, 3.05) is 19.0 Å². The summed E-state index contributed by atoms with van der Waals surface area (Å²) in [4.78, 5) is 2.02. The first-order chi connectivity index (χ1) is 9.93. The van der Waals surface area contributed by atoms with Crippen LogP contribution in [0, 0.1) is 0 Å². The summed E-state index contributed by atoms with van der Waals surface area (Å²) >= 11 is 6.34. The highest BCUT2D eigenvalue weighted by Crippen LogP contribution is 2.27. The maximum absolute atomic E-state index is 10.5. The Kier molecular flexibility index (Phi) is 4.91. The summed E-state index contributed by atoms with van der Waals surface area (Å²) in [6.45, 7) is 2.02. The van der Waals surface area contributed by atoms with Crippen LogP contribution in [-0.4, -0.2) is 29.0 Å². The van der Waals surface area contributed by atoms with Crippen molar-refractivity contribution in [2.24, 2.45) is 7.05 Å². The molecule has 0 aliphatic heterocycles. The highest BCUT2D eigenvalue weighted by molar-refractivity contribution is 6.31. The molecule has 1 atom stereocenters. The number of aliphatic hydroxyl groups excluding tert-OH is 1. The Morgan fingerprint density at radius 2 is 2.10 bits per heavy atom. The van der Waals surface area contributed by atoms with Crippen molar-refractivity contribution in [1.82, 2.24) is 9.78 Å². The number of hydrogen-bond acceptors (Lipinski definition) is 3. The molecule has 0 aliphatic carbocycles. The van der Waals surface area contributed by atoms with Gasteiger partial charge in [-0.3, -0.25) is 4.68 Å². The van der Waals surface area contributed by atoms with Crippen LogP contribution < -0.4 is 4.90 Å². The lowest BCUT2D eigenvalue weighted by atomic mass is 10.0. The first kappa shape index (κ1) is 15.9. The van der Waals surface area contributed by atoms with E-state index < -0.39 is 6.10 Å². The summed E-state index contributed by atoms with van der Waals surface area (Å²) in [6, 6.07) is 7.90. The van der Waals surface area contributed by atoms with E-state index in [1.807, 2.05) is 57.2 Å². The molecule has 21 heavy (non-hydrogen) atoms. The van der Waals surface area contributed by atoms with E-state index in [1.54, 1.807) is 4.68 Å². The lowest BCUT2D eigenvalue weighted by Crippen LogP contribution is -2.11. The first-order valence-electron chi connectivity index (χ1n) is 7.09. The Morgan fingerprint density at radius 1 is 1.38 bits per heavy atom. The van der Waals surface area contributed by atoms with Gasteiger partial charge in [0.2, 0.25) is 0 Å². The molecule has 4 nitrogen and oxygen atoms in total. The fourth-order valence-electron chi connectivity index (χ4n) is 2.35. The molecule has 0 amide bonds. The zero-order valence-corrected chi connectivity index (χ0v) is 13.7. The summed E-state index contributed by atoms with van der Waals surface area (Å²) in [6.07, 6.45) is 0.653. The Labute approximate surface area is 131 Å². The molecule has 5 heteroatoms. The van der Waals surface area contributed by atoms with E-state index in [0.29, 0.717) is 11.4 Å². The predicted octanol–water partition coefficient (Wildman–Crippen LogP) is 2.98. The molecule has 1 aromatic heterocycles. The van der Waals surface area contributed by atoms with Crippen molar-refractivity contribution in [2.45, 2.75) is 25.9 Å². The molecule has 1 heterocycles. The Balaban J connectivity index is 2.24. The van der Waals surface area contributed by atoms with Gasteiger partial charge in [0.05, 0.1) is 22.5 Å². The lowest BCUT2D eigenvalue weighted by Gasteiger charge is -2.16. The number of aromatic nitrogens is 2. The first-order valence-corrected chi connectivity index (χ1v) is 7.47. The quantitative estimate of drug-likeness (QED) is 0.923. The van der Waals surface area contributed by atoms with Crippen LogP contribution in [0.15, 0.2) is 24.3 Å². The van der Waals surface area contributed by atoms with Crippen LogP contribution >= 0.6 is 11.6 Å². The predicted molar refractivity (Wildman–Crippen MR) is 87.0 cm³/mol. The lowest BCUT2D eigenvalue weighted by molar-refractivity contribution is 0.176. The molecule has 0 radical (unpaired) electrons. The number of halogens is 1. The van der Waals surface area contributed by atoms with Crippen molar-refractivity contribution in [3.63, 3.8) is 0 Å². The number of rotatable bonds is 5. The second kappa shape index (κ2) is 6.50. The summed E-state index contributed by atoms with van der Waals surface area (Å²) in [5.74, 6) is 0. The molecule has 0 aliphatic rings. The molecule has 0 fully saturated rings. The fourth-order valence-corrected chi connectivity index (χ4v) is 2.72. The van der Waals surface area contributed by atoms with Crippen LogP contribution in [-0.2, 0) is 19.9 Å². The molecule has 2 aromatic rings.